The number of halogens is 3. The average molecular weight is 194 g/mol. The van der Waals surface area contributed by atoms with Crippen molar-refractivity contribution in [2.75, 3.05) is 6.54 Å². The molecule has 0 rings (SSSR count). The molecular weight excluding hydrogens is 185 g/mol. The molecule has 0 aromatic heterocycles. The van der Waals surface area contributed by atoms with Gasteiger partial charge in [0.25, 0.3) is 0 Å². The highest BCUT2D eigenvalue weighted by Gasteiger charge is 2.30. The van der Waals surface area contributed by atoms with E-state index in [-0.39, 0.29) is 13.0 Å². The molecular formula is C7H9F3N2O. The fraction of sp³-hybridized carbons (Fsp3) is 0.714. The fourth-order valence-electron chi connectivity index (χ4n) is 0.640. The Labute approximate surface area is 73.5 Å². The molecule has 0 aromatic carbocycles. The summed E-state index contributed by atoms with van der Waals surface area (Å²) in [4.78, 5) is 10.5. The molecule has 0 aromatic rings. The van der Waals surface area contributed by atoms with Crippen LogP contribution in [-0.4, -0.2) is 18.6 Å². The van der Waals surface area contributed by atoms with Crippen molar-refractivity contribution >= 4 is 5.91 Å². The van der Waals surface area contributed by atoms with Gasteiger partial charge in [-0.05, 0) is 6.42 Å². The zero-order valence-electron chi connectivity index (χ0n) is 6.82. The van der Waals surface area contributed by atoms with Gasteiger partial charge in [-0.2, -0.15) is 18.4 Å². The Kier molecular flexibility index (Phi) is 4.89. The third-order valence-electron chi connectivity index (χ3n) is 1.15. The predicted molar refractivity (Wildman–Crippen MR) is 38.5 cm³/mol. The van der Waals surface area contributed by atoms with E-state index in [9.17, 15) is 18.0 Å². The van der Waals surface area contributed by atoms with E-state index in [2.05, 4.69) is 5.32 Å². The smallest absolute Gasteiger partial charge is 0.356 e. The van der Waals surface area contributed by atoms with Crippen LogP contribution in [0, 0.1) is 11.3 Å². The zero-order chi connectivity index (χ0) is 10.3. The maximum Gasteiger partial charge on any atom is 0.397 e. The maximum atomic E-state index is 11.6. The third kappa shape index (κ3) is 8.66. The van der Waals surface area contributed by atoms with E-state index in [0.29, 0.717) is 6.42 Å². The van der Waals surface area contributed by atoms with Gasteiger partial charge >= 0.3 is 6.18 Å². The molecule has 0 unspecified atom stereocenters. The molecule has 0 bridgehead atoms. The van der Waals surface area contributed by atoms with E-state index in [4.69, 9.17) is 5.26 Å². The quantitative estimate of drug-likeness (QED) is 0.687. The van der Waals surface area contributed by atoms with Crippen molar-refractivity contribution in [2.24, 2.45) is 0 Å². The molecule has 0 aliphatic rings. The van der Waals surface area contributed by atoms with Gasteiger partial charge in [0, 0.05) is 13.0 Å². The maximum absolute atomic E-state index is 11.6. The summed E-state index contributed by atoms with van der Waals surface area (Å²) < 4.78 is 34.7. The zero-order valence-corrected chi connectivity index (χ0v) is 6.82. The summed E-state index contributed by atoms with van der Waals surface area (Å²) >= 11 is 0. The lowest BCUT2D eigenvalue weighted by atomic mass is 10.3. The van der Waals surface area contributed by atoms with Gasteiger partial charge in [-0.25, -0.2) is 0 Å². The van der Waals surface area contributed by atoms with Gasteiger partial charge in [-0.15, -0.1) is 0 Å². The summed E-state index contributed by atoms with van der Waals surface area (Å²) in [6.45, 7) is 0.114. The molecule has 13 heavy (non-hydrogen) atoms. The number of hydrogen-bond acceptors (Lipinski definition) is 2. The minimum absolute atomic E-state index is 0.114. The summed E-state index contributed by atoms with van der Waals surface area (Å²) in [7, 11) is 0. The number of nitrogens with one attached hydrogen (secondary N) is 1. The second kappa shape index (κ2) is 5.41. The van der Waals surface area contributed by atoms with Crippen LogP contribution in [0.2, 0.25) is 0 Å². The lowest BCUT2D eigenvalue weighted by molar-refractivity contribution is -0.153. The van der Waals surface area contributed by atoms with E-state index in [0.717, 1.165) is 0 Å². The lowest BCUT2D eigenvalue weighted by Crippen LogP contribution is -2.29. The number of carbonyl (C=O) groups is 1. The van der Waals surface area contributed by atoms with Crippen molar-refractivity contribution in [1.29, 1.82) is 5.26 Å². The van der Waals surface area contributed by atoms with Crippen LogP contribution in [0.25, 0.3) is 0 Å². The Morgan fingerprint density at radius 3 is 2.54 bits per heavy atom. The summed E-state index contributed by atoms with van der Waals surface area (Å²) in [5.41, 5.74) is 0. The SMILES string of the molecule is N#CCCCNC(=O)CC(F)(F)F. The highest BCUT2D eigenvalue weighted by atomic mass is 19.4. The van der Waals surface area contributed by atoms with Crippen LogP contribution in [0.5, 0.6) is 0 Å². The average Bonchev–Trinajstić information content (AvgIpc) is 1.94. The molecule has 0 radical (unpaired) electrons. The standard InChI is InChI=1S/C7H9F3N2O/c8-7(9,10)5-6(13)12-4-2-1-3-11/h1-2,4-5H2,(H,12,13). The largest absolute Gasteiger partial charge is 0.397 e. The molecule has 0 heterocycles. The Balaban J connectivity index is 3.48. The van der Waals surface area contributed by atoms with Gasteiger partial charge in [0.2, 0.25) is 5.91 Å². The Bertz CT molecular complexity index is 207. The second-order valence-electron chi connectivity index (χ2n) is 2.40. The topological polar surface area (TPSA) is 52.9 Å². The number of alkyl halides is 3. The number of amides is 1. The molecule has 0 fully saturated rings. The van der Waals surface area contributed by atoms with Gasteiger partial charge in [-0.3, -0.25) is 4.79 Å². The lowest BCUT2D eigenvalue weighted by Gasteiger charge is -2.06. The normalized spacial score (nSPS) is 10.6. The van der Waals surface area contributed by atoms with Crippen LogP contribution in [0.15, 0.2) is 0 Å². The van der Waals surface area contributed by atoms with Crippen LogP contribution >= 0.6 is 0 Å². The van der Waals surface area contributed by atoms with E-state index in [1.807, 2.05) is 6.07 Å². The minimum Gasteiger partial charge on any atom is -0.356 e. The highest BCUT2D eigenvalue weighted by molar-refractivity contribution is 5.76. The third-order valence-corrected chi connectivity index (χ3v) is 1.15. The first-order valence-corrected chi connectivity index (χ1v) is 3.66. The molecule has 0 saturated carbocycles. The van der Waals surface area contributed by atoms with Crippen LogP contribution in [-0.2, 0) is 4.79 Å². The first-order valence-electron chi connectivity index (χ1n) is 3.66. The molecule has 1 amide bonds. The minimum atomic E-state index is -4.46. The van der Waals surface area contributed by atoms with Crippen molar-refractivity contribution in [3.8, 4) is 6.07 Å². The van der Waals surface area contributed by atoms with Crippen LogP contribution in [0.1, 0.15) is 19.3 Å². The van der Waals surface area contributed by atoms with E-state index in [1.165, 1.54) is 0 Å². The van der Waals surface area contributed by atoms with Crippen molar-refractivity contribution in [3.63, 3.8) is 0 Å². The number of nitrogens with zero attached hydrogens (tertiary/aromatic N) is 1. The van der Waals surface area contributed by atoms with Crippen molar-refractivity contribution in [3.05, 3.63) is 0 Å². The first-order chi connectivity index (χ1) is 5.95. The van der Waals surface area contributed by atoms with Gasteiger partial charge in [0.05, 0.1) is 6.07 Å². The Morgan fingerprint density at radius 1 is 1.46 bits per heavy atom. The van der Waals surface area contributed by atoms with Gasteiger partial charge in [0.15, 0.2) is 0 Å². The number of rotatable bonds is 4. The molecule has 0 saturated heterocycles. The predicted octanol–water partition coefficient (Wildman–Crippen LogP) is 1.36. The Hall–Kier alpha value is -1.25. The fourth-order valence-corrected chi connectivity index (χ4v) is 0.640. The first kappa shape index (κ1) is 11.8. The van der Waals surface area contributed by atoms with Crippen LogP contribution in [0.4, 0.5) is 13.2 Å². The van der Waals surface area contributed by atoms with Gasteiger partial charge in [0.1, 0.15) is 6.42 Å². The number of carbonyl (C=O) groups excluding carboxylic acids is 1. The van der Waals surface area contributed by atoms with Crippen molar-refractivity contribution < 1.29 is 18.0 Å². The summed E-state index contributed by atoms with van der Waals surface area (Å²) in [6.07, 6.45) is -5.31. The number of hydrogen-bond donors (Lipinski definition) is 1. The molecule has 0 aliphatic heterocycles. The summed E-state index contributed by atoms with van der Waals surface area (Å²) in [5.74, 6) is -1.05. The van der Waals surface area contributed by atoms with Crippen LogP contribution < -0.4 is 5.32 Å². The van der Waals surface area contributed by atoms with E-state index >= 15 is 0 Å². The number of nitriles is 1. The second-order valence-corrected chi connectivity index (χ2v) is 2.40. The number of unbranched alkanes of at least 4 members (excludes halogenated alkanes) is 1. The van der Waals surface area contributed by atoms with Gasteiger partial charge in [-0.1, -0.05) is 0 Å². The van der Waals surface area contributed by atoms with Crippen LogP contribution in [0.3, 0.4) is 0 Å². The highest BCUT2D eigenvalue weighted by Crippen LogP contribution is 2.18. The molecule has 6 heteroatoms. The molecule has 0 atom stereocenters. The Morgan fingerprint density at radius 2 is 2.08 bits per heavy atom. The van der Waals surface area contributed by atoms with E-state index < -0.39 is 18.5 Å². The molecule has 3 nitrogen and oxygen atoms in total. The molecule has 74 valence electrons. The molecule has 1 N–H and O–H groups in total. The monoisotopic (exact) mass is 194 g/mol. The van der Waals surface area contributed by atoms with Gasteiger partial charge < -0.3 is 5.32 Å². The van der Waals surface area contributed by atoms with E-state index in [1.54, 1.807) is 0 Å². The summed E-state index contributed by atoms with van der Waals surface area (Å²) in [5, 5.41) is 10.1. The van der Waals surface area contributed by atoms with Crippen molar-refractivity contribution in [2.45, 2.75) is 25.4 Å². The summed E-state index contributed by atoms with van der Waals surface area (Å²) in [6, 6.07) is 1.82. The molecule has 0 spiro atoms. The van der Waals surface area contributed by atoms with Crippen molar-refractivity contribution in [1.82, 2.24) is 5.32 Å². The molecule has 0 aliphatic carbocycles.